The monoisotopic (exact) mass is 410 g/mol. The molecule has 2 aromatic heterocycles. The molecule has 0 saturated heterocycles. The number of carbonyl (C=O) groups excluding carboxylic acids is 1. The highest BCUT2D eigenvalue weighted by atomic mass is 16.5. The van der Waals surface area contributed by atoms with E-state index in [1.807, 2.05) is 27.5 Å². The maximum Gasteiger partial charge on any atom is 0.254 e. The number of hydrogen-bond acceptors (Lipinski definition) is 5. The molecule has 0 radical (unpaired) electrons. The molecular formula is C23H18N6O2. The van der Waals surface area contributed by atoms with Crippen LogP contribution in [0, 0.1) is 6.57 Å². The molecule has 1 aliphatic heterocycles. The van der Waals surface area contributed by atoms with E-state index in [-0.39, 0.29) is 18.0 Å². The van der Waals surface area contributed by atoms with Gasteiger partial charge in [-0.1, -0.05) is 12.1 Å². The fourth-order valence-corrected chi connectivity index (χ4v) is 4.35. The molecule has 8 nitrogen and oxygen atoms in total. The van der Waals surface area contributed by atoms with Crippen LogP contribution in [0.2, 0.25) is 0 Å². The van der Waals surface area contributed by atoms with Crippen LogP contribution in [0.15, 0.2) is 48.9 Å². The summed E-state index contributed by atoms with van der Waals surface area (Å²) in [5, 5.41) is 0. The summed E-state index contributed by atoms with van der Waals surface area (Å²) in [4.78, 5) is 27.7. The van der Waals surface area contributed by atoms with E-state index in [0.29, 0.717) is 40.5 Å². The molecule has 2 aliphatic rings. The van der Waals surface area contributed by atoms with Gasteiger partial charge in [0.25, 0.3) is 5.91 Å². The summed E-state index contributed by atoms with van der Waals surface area (Å²) < 4.78 is 7.71. The number of rotatable bonds is 3. The Morgan fingerprint density at radius 2 is 2.10 bits per heavy atom. The number of ether oxygens (including phenoxy) is 1. The Morgan fingerprint density at radius 1 is 1.23 bits per heavy atom. The summed E-state index contributed by atoms with van der Waals surface area (Å²) in [6.07, 6.45) is 5.31. The molecule has 4 aromatic rings. The summed E-state index contributed by atoms with van der Waals surface area (Å²) in [6.45, 7) is 7.61. The Kier molecular flexibility index (Phi) is 3.68. The zero-order chi connectivity index (χ0) is 21.1. The highest BCUT2D eigenvalue weighted by molar-refractivity contribution is 5.98. The van der Waals surface area contributed by atoms with Crippen molar-refractivity contribution < 1.29 is 9.53 Å². The predicted octanol–water partition coefficient (Wildman–Crippen LogP) is 3.75. The minimum atomic E-state index is -0.164. The smallest absolute Gasteiger partial charge is 0.254 e. The fraction of sp³-hybridized carbons (Fsp3) is 0.217. The quantitative estimate of drug-likeness (QED) is 0.520. The zero-order valence-electron chi connectivity index (χ0n) is 16.5. The van der Waals surface area contributed by atoms with Gasteiger partial charge in [-0.2, -0.15) is 0 Å². The molecule has 2 N–H and O–H groups in total. The number of benzene rings is 2. The van der Waals surface area contributed by atoms with E-state index in [9.17, 15) is 4.79 Å². The van der Waals surface area contributed by atoms with Crippen molar-refractivity contribution in [1.82, 2.24) is 19.3 Å². The van der Waals surface area contributed by atoms with E-state index in [4.69, 9.17) is 17.0 Å². The third-order valence-electron chi connectivity index (χ3n) is 6.02. The van der Waals surface area contributed by atoms with Crippen molar-refractivity contribution in [2.45, 2.75) is 24.9 Å². The summed E-state index contributed by atoms with van der Waals surface area (Å²) in [5.74, 6) is 1.06. The number of carbonyl (C=O) groups is 1. The second-order valence-electron chi connectivity index (χ2n) is 7.95. The van der Waals surface area contributed by atoms with Gasteiger partial charge in [-0.05, 0) is 37.1 Å². The van der Waals surface area contributed by atoms with Crippen molar-refractivity contribution in [2.24, 2.45) is 0 Å². The van der Waals surface area contributed by atoms with Crippen LogP contribution in [-0.4, -0.2) is 37.8 Å². The van der Waals surface area contributed by atoms with Crippen LogP contribution in [0.1, 0.15) is 34.8 Å². The van der Waals surface area contributed by atoms with E-state index in [1.165, 1.54) is 0 Å². The van der Waals surface area contributed by atoms with Gasteiger partial charge in [0.1, 0.15) is 23.7 Å². The third kappa shape index (κ3) is 2.70. The number of nitrogens with zero attached hydrogens (tertiary/aromatic N) is 5. The number of aromatic nitrogens is 3. The molecule has 0 spiro atoms. The maximum atomic E-state index is 13.7. The van der Waals surface area contributed by atoms with Crippen molar-refractivity contribution in [1.29, 1.82) is 0 Å². The predicted molar refractivity (Wildman–Crippen MR) is 115 cm³/mol. The van der Waals surface area contributed by atoms with Gasteiger partial charge < -0.3 is 15.4 Å². The van der Waals surface area contributed by atoms with Crippen molar-refractivity contribution in [3.05, 3.63) is 71.5 Å². The molecule has 1 aliphatic carbocycles. The number of anilines is 1. The molecule has 1 atom stereocenters. The maximum absolute atomic E-state index is 13.7. The lowest BCUT2D eigenvalue weighted by Gasteiger charge is -2.28. The van der Waals surface area contributed by atoms with Gasteiger partial charge in [0.15, 0.2) is 5.69 Å². The Hall–Kier alpha value is -4.12. The van der Waals surface area contributed by atoms with E-state index < -0.39 is 0 Å². The van der Waals surface area contributed by atoms with Crippen LogP contribution in [0.25, 0.3) is 21.4 Å². The molecule has 1 fully saturated rings. The molecule has 8 heteroatoms. The van der Waals surface area contributed by atoms with Crippen molar-refractivity contribution in [2.75, 3.05) is 12.3 Å². The Bertz CT molecular complexity index is 1420. The van der Waals surface area contributed by atoms with Gasteiger partial charge in [-0.25, -0.2) is 14.8 Å². The molecule has 1 saturated carbocycles. The van der Waals surface area contributed by atoms with Crippen LogP contribution >= 0.6 is 0 Å². The molecule has 2 aromatic carbocycles. The topological polar surface area (TPSA) is 90.1 Å². The first-order valence-corrected chi connectivity index (χ1v) is 10.1. The number of amides is 1. The number of nitrogen functional groups attached to an aromatic ring is 1. The number of hydrogen-bond donors (Lipinski definition) is 1. The summed E-state index contributed by atoms with van der Waals surface area (Å²) in [6, 6.07) is 10.9. The number of imidazole rings is 1. The largest absolute Gasteiger partial charge is 0.492 e. The Balaban J connectivity index is 1.42. The minimum Gasteiger partial charge on any atom is -0.492 e. The minimum absolute atomic E-state index is 0.0369. The SMILES string of the molecule is [C-]#[N+]c1ccc2c(c1)OCC2N(C(=O)c1ccc2nc(N)c3cncn3c2c1)C1CC1. The molecule has 6 rings (SSSR count). The van der Waals surface area contributed by atoms with Gasteiger partial charge in [0, 0.05) is 17.2 Å². The van der Waals surface area contributed by atoms with E-state index in [1.54, 1.807) is 30.7 Å². The lowest BCUT2D eigenvalue weighted by Crippen LogP contribution is -2.37. The summed E-state index contributed by atoms with van der Waals surface area (Å²) >= 11 is 0. The molecule has 31 heavy (non-hydrogen) atoms. The van der Waals surface area contributed by atoms with Gasteiger partial charge in [0.2, 0.25) is 0 Å². The Labute approximate surface area is 177 Å². The van der Waals surface area contributed by atoms with Gasteiger partial charge >= 0.3 is 0 Å². The van der Waals surface area contributed by atoms with Crippen molar-refractivity contribution in [3.8, 4) is 5.75 Å². The lowest BCUT2D eigenvalue weighted by molar-refractivity contribution is 0.0630. The molecule has 152 valence electrons. The van der Waals surface area contributed by atoms with E-state index in [2.05, 4.69) is 14.8 Å². The van der Waals surface area contributed by atoms with Crippen LogP contribution < -0.4 is 10.5 Å². The molecule has 1 amide bonds. The normalized spacial score (nSPS) is 17.3. The second kappa shape index (κ2) is 6.44. The fourth-order valence-electron chi connectivity index (χ4n) is 4.35. The van der Waals surface area contributed by atoms with Gasteiger partial charge in [-0.15, -0.1) is 0 Å². The van der Waals surface area contributed by atoms with Gasteiger partial charge in [-0.3, -0.25) is 9.20 Å². The first-order chi connectivity index (χ1) is 15.1. The van der Waals surface area contributed by atoms with Crippen LogP contribution in [-0.2, 0) is 0 Å². The Morgan fingerprint density at radius 3 is 2.90 bits per heavy atom. The highest BCUT2D eigenvalue weighted by Gasteiger charge is 2.41. The highest BCUT2D eigenvalue weighted by Crippen LogP contribution is 2.43. The standard InChI is InChI=1S/C23H18N6O2/c1-25-14-3-6-16-20(11-31-21(16)9-14)29(15-4-5-15)23(30)13-2-7-17-18(8-13)28-12-26-10-19(28)22(24)27-17/h2-3,6-10,12,15,20H,4-5,11H2,(H2,24,27). The zero-order valence-corrected chi connectivity index (χ0v) is 16.5. The van der Waals surface area contributed by atoms with Crippen LogP contribution in [0.4, 0.5) is 11.5 Å². The third-order valence-corrected chi connectivity index (χ3v) is 6.02. The number of nitrogens with two attached hydrogens (primary N) is 1. The van der Waals surface area contributed by atoms with Crippen molar-refractivity contribution in [3.63, 3.8) is 0 Å². The lowest BCUT2D eigenvalue weighted by atomic mass is 10.0. The molecule has 3 heterocycles. The number of fused-ring (bicyclic) bond motifs is 4. The first-order valence-electron chi connectivity index (χ1n) is 10.1. The summed E-state index contributed by atoms with van der Waals surface area (Å²) in [5.41, 5.74) is 10.3. The average molecular weight is 410 g/mol. The van der Waals surface area contributed by atoms with E-state index >= 15 is 0 Å². The van der Waals surface area contributed by atoms with E-state index in [0.717, 1.165) is 23.9 Å². The van der Waals surface area contributed by atoms with Crippen LogP contribution in [0.3, 0.4) is 0 Å². The molecule has 0 bridgehead atoms. The second-order valence-corrected chi connectivity index (χ2v) is 7.95. The molecular weight excluding hydrogens is 392 g/mol. The average Bonchev–Trinajstić information content (AvgIpc) is 3.33. The van der Waals surface area contributed by atoms with Gasteiger partial charge in [0.05, 0.1) is 36.2 Å². The van der Waals surface area contributed by atoms with Crippen LogP contribution in [0.5, 0.6) is 5.75 Å². The summed E-state index contributed by atoms with van der Waals surface area (Å²) in [7, 11) is 0. The first kappa shape index (κ1) is 17.7. The van der Waals surface area contributed by atoms with Crippen molar-refractivity contribution >= 4 is 34.0 Å². The molecule has 1 unspecified atom stereocenters.